The summed E-state index contributed by atoms with van der Waals surface area (Å²) in [6.45, 7) is 1.69. The van der Waals surface area contributed by atoms with Crippen molar-refractivity contribution in [2.24, 2.45) is 11.8 Å². The van der Waals surface area contributed by atoms with Crippen molar-refractivity contribution >= 4 is 12.0 Å². The Morgan fingerprint density at radius 2 is 1.94 bits per heavy atom. The first-order chi connectivity index (χ1) is 15.7. The zero-order valence-electron chi connectivity index (χ0n) is 17.6. The van der Waals surface area contributed by atoms with E-state index in [9.17, 15) is 17.6 Å². The number of piperidine rings is 1. The van der Waals surface area contributed by atoms with Crippen molar-refractivity contribution in [3.05, 3.63) is 36.0 Å². The van der Waals surface area contributed by atoms with Gasteiger partial charge in [0.1, 0.15) is 18.1 Å². The van der Waals surface area contributed by atoms with Gasteiger partial charge >= 0.3 is 18.2 Å². The van der Waals surface area contributed by atoms with Crippen molar-refractivity contribution in [1.82, 2.24) is 25.0 Å². The molecule has 2 aliphatic rings. The summed E-state index contributed by atoms with van der Waals surface area (Å²) in [5.41, 5.74) is 0. The van der Waals surface area contributed by atoms with Gasteiger partial charge in [0.2, 0.25) is 11.8 Å². The van der Waals surface area contributed by atoms with E-state index in [0.29, 0.717) is 29.7 Å². The third kappa shape index (κ3) is 4.71. The van der Waals surface area contributed by atoms with Crippen LogP contribution in [0.1, 0.15) is 18.7 Å². The van der Waals surface area contributed by atoms with Crippen molar-refractivity contribution in [3.63, 3.8) is 0 Å². The van der Waals surface area contributed by atoms with E-state index in [0.717, 1.165) is 18.9 Å². The maximum Gasteiger partial charge on any atom is 0.408 e. The number of halogens is 4. The van der Waals surface area contributed by atoms with Crippen LogP contribution in [0.4, 0.5) is 29.5 Å². The standard InChI is InChI=1S/C20H21F4N7O2/c1-11-27-28-19(32-11)30-8-12-5-6-13(9-30)16(12)25-17-26-18(31(29-17)10-20(22,23)24)33-15-4-2-3-14(21)7-15/h2-4,7,12-13,16H,5-6,8-10H2,1H3,(H,25,29)/t12-,13+,16?. The fourth-order valence-corrected chi connectivity index (χ4v) is 4.55. The van der Waals surface area contributed by atoms with Crippen molar-refractivity contribution in [2.45, 2.75) is 38.5 Å². The summed E-state index contributed by atoms with van der Waals surface area (Å²) in [7, 11) is 0. The Hall–Kier alpha value is -3.38. The predicted octanol–water partition coefficient (Wildman–Crippen LogP) is 3.79. The molecule has 1 saturated carbocycles. The van der Waals surface area contributed by atoms with E-state index in [1.807, 2.05) is 4.90 Å². The number of anilines is 2. The van der Waals surface area contributed by atoms with E-state index in [1.54, 1.807) is 6.92 Å². The first-order valence-electron chi connectivity index (χ1n) is 10.5. The summed E-state index contributed by atoms with van der Waals surface area (Å²) in [5.74, 6) is 0.391. The van der Waals surface area contributed by atoms with E-state index in [2.05, 4.69) is 25.6 Å². The number of aryl methyl sites for hydroxylation is 1. The lowest BCUT2D eigenvalue weighted by Crippen LogP contribution is -2.48. The van der Waals surface area contributed by atoms with Crippen molar-refractivity contribution in [1.29, 1.82) is 0 Å². The van der Waals surface area contributed by atoms with E-state index in [4.69, 9.17) is 9.15 Å². The summed E-state index contributed by atoms with van der Waals surface area (Å²) in [5, 5.41) is 15.1. The minimum atomic E-state index is -4.53. The van der Waals surface area contributed by atoms with Crippen LogP contribution >= 0.6 is 0 Å². The van der Waals surface area contributed by atoms with Crippen molar-refractivity contribution in [3.8, 4) is 11.8 Å². The van der Waals surface area contributed by atoms with Gasteiger partial charge in [0.25, 0.3) is 0 Å². The number of nitrogens with zero attached hydrogens (tertiary/aromatic N) is 6. The number of nitrogens with one attached hydrogen (secondary N) is 1. The topological polar surface area (TPSA) is 94.1 Å². The molecule has 0 spiro atoms. The van der Waals surface area contributed by atoms with E-state index >= 15 is 0 Å². The second-order valence-electron chi connectivity index (χ2n) is 8.33. The van der Waals surface area contributed by atoms with Crippen LogP contribution in [0.3, 0.4) is 0 Å². The number of hydrogen-bond acceptors (Lipinski definition) is 8. The summed E-state index contributed by atoms with van der Waals surface area (Å²) >= 11 is 0. The molecule has 1 aliphatic carbocycles. The molecule has 1 aromatic carbocycles. The molecular weight excluding hydrogens is 446 g/mol. The number of aromatic nitrogens is 5. The van der Waals surface area contributed by atoms with Gasteiger partial charge in [-0.25, -0.2) is 9.07 Å². The highest BCUT2D eigenvalue weighted by Crippen LogP contribution is 2.40. The van der Waals surface area contributed by atoms with Gasteiger partial charge < -0.3 is 19.4 Å². The van der Waals surface area contributed by atoms with E-state index in [1.165, 1.54) is 18.2 Å². The highest BCUT2D eigenvalue weighted by Gasteiger charge is 2.44. The van der Waals surface area contributed by atoms with Crippen LogP contribution in [0.5, 0.6) is 11.8 Å². The smallest absolute Gasteiger partial charge is 0.408 e. The Kier molecular flexibility index (Phi) is 5.33. The largest absolute Gasteiger partial charge is 0.424 e. The fraction of sp³-hybridized carbons (Fsp3) is 0.500. The quantitative estimate of drug-likeness (QED) is 0.548. The molecule has 3 heterocycles. The van der Waals surface area contributed by atoms with Gasteiger partial charge in [-0.15, -0.1) is 10.2 Å². The first kappa shape index (κ1) is 21.5. The monoisotopic (exact) mass is 467 g/mol. The number of fused-ring (bicyclic) bond motifs is 2. The maximum atomic E-state index is 13.5. The molecule has 1 unspecified atom stereocenters. The zero-order chi connectivity index (χ0) is 23.2. The van der Waals surface area contributed by atoms with Gasteiger partial charge in [0, 0.05) is 32.1 Å². The van der Waals surface area contributed by atoms with Crippen molar-refractivity contribution < 1.29 is 26.7 Å². The Bertz CT molecular complexity index is 1120. The van der Waals surface area contributed by atoms with Gasteiger partial charge in [-0.05, 0) is 36.8 Å². The lowest BCUT2D eigenvalue weighted by Gasteiger charge is -2.37. The number of alkyl halides is 3. The van der Waals surface area contributed by atoms with Gasteiger partial charge in [0.05, 0.1) is 0 Å². The van der Waals surface area contributed by atoms with Gasteiger partial charge in [-0.1, -0.05) is 11.2 Å². The molecule has 176 valence electrons. The summed E-state index contributed by atoms with van der Waals surface area (Å²) in [4.78, 5) is 6.17. The number of ether oxygens (including phenoxy) is 1. The zero-order valence-corrected chi connectivity index (χ0v) is 17.6. The fourth-order valence-electron chi connectivity index (χ4n) is 4.55. The SMILES string of the molecule is Cc1nnc(N2C[C@H]3CC[C@@H](C2)C3Nc2nc(Oc3cccc(F)c3)n(CC(F)(F)F)n2)o1. The van der Waals surface area contributed by atoms with E-state index in [-0.39, 0.29) is 35.6 Å². The van der Waals surface area contributed by atoms with Crippen LogP contribution in [-0.4, -0.2) is 50.3 Å². The molecule has 3 atom stereocenters. The number of rotatable bonds is 6. The molecular formula is C20H21F4N7O2. The van der Waals surface area contributed by atoms with Crippen LogP contribution in [-0.2, 0) is 6.54 Å². The normalized spacial score (nSPS) is 22.6. The van der Waals surface area contributed by atoms with Crippen LogP contribution < -0.4 is 15.0 Å². The van der Waals surface area contributed by atoms with Gasteiger partial charge in [0.15, 0.2) is 0 Å². The number of hydrogen-bond donors (Lipinski definition) is 1. The summed E-state index contributed by atoms with van der Waals surface area (Å²) in [6.07, 6.45) is -2.64. The predicted molar refractivity (Wildman–Crippen MR) is 107 cm³/mol. The van der Waals surface area contributed by atoms with Gasteiger partial charge in [-0.2, -0.15) is 18.2 Å². The minimum Gasteiger partial charge on any atom is -0.424 e. The minimum absolute atomic E-state index is 0.0194. The Balaban J connectivity index is 1.34. The molecule has 13 heteroatoms. The average Bonchev–Trinajstić information content (AvgIpc) is 3.37. The second-order valence-corrected chi connectivity index (χ2v) is 8.33. The molecule has 1 N–H and O–H groups in total. The molecule has 3 aromatic rings. The Morgan fingerprint density at radius 1 is 1.18 bits per heavy atom. The maximum absolute atomic E-state index is 13.5. The molecule has 0 radical (unpaired) electrons. The van der Waals surface area contributed by atoms with Crippen LogP contribution in [0.25, 0.3) is 0 Å². The second kappa shape index (κ2) is 8.19. The van der Waals surface area contributed by atoms with Crippen molar-refractivity contribution in [2.75, 3.05) is 23.3 Å². The van der Waals surface area contributed by atoms with E-state index < -0.39 is 18.5 Å². The Labute approximate surface area is 185 Å². The molecule has 5 rings (SSSR count). The highest BCUT2D eigenvalue weighted by atomic mass is 19.4. The first-order valence-corrected chi connectivity index (χ1v) is 10.5. The third-order valence-electron chi connectivity index (χ3n) is 5.89. The molecule has 0 amide bonds. The molecule has 9 nitrogen and oxygen atoms in total. The van der Waals surface area contributed by atoms with Gasteiger partial charge in [-0.3, -0.25) is 0 Å². The molecule has 2 aromatic heterocycles. The summed E-state index contributed by atoms with van der Waals surface area (Å²) < 4.78 is 64.3. The molecule has 33 heavy (non-hydrogen) atoms. The van der Waals surface area contributed by atoms with Crippen LogP contribution in [0.15, 0.2) is 28.7 Å². The third-order valence-corrected chi connectivity index (χ3v) is 5.89. The lowest BCUT2D eigenvalue weighted by molar-refractivity contribution is -0.143. The molecule has 2 fully saturated rings. The average molecular weight is 467 g/mol. The van der Waals surface area contributed by atoms with Crippen LogP contribution in [0.2, 0.25) is 0 Å². The number of benzene rings is 1. The Morgan fingerprint density at radius 3 is 2.58 bits per heavy atom. The summed E-state index contributed by atoms with van der Waals surface area (Å²) in [6, 6.07) is 5.18. The molecule has 1 aliphatic heterocycles. The molecule has 2 bridgehead atoms. The highest BCUT2D eigenvalue weighted by molar-refractivity contribution is 5.35. The molecule has 1 saturated heterocycles. The lowest BCUT2D eigenvalue weighted by atomic mass is 9.92. The van der Waals surface area contributed by atoms with Crippen LogP contribution in [0, 0.1) is 24.6 Å².